The van der Waals surface area contributed by atoms with Crippen LogP contribution in [0.25, 0.3) is 11.0 Å². The Morgan fingerprint density at radius 3 is 2.60 bits per heavy atom. The van der Waals surface area contributed by atoms with Gasteiger partial charge in [0.05, 0.1) is 18.8 Å². The minimum absolute atomic E-state index is 0.160. The molecule has 0 aliphatic carbocycles. The standard InChI is InChI=1S/C21H16ClN3O4S/c1-28-16-8-7-12(9-17(16)29-2)10-18-20(27)25-21(30-18)23-19(26)15(24-25)11-13-5-3-4-6-14(13)22/h3-10H,11H2,1-2H3. The molecule has 0 bridgehead atoms. The Morgan fingerprint density at radius 2 is 1.87 bits per heavy atom. The maximum absolute atomic E-state index is 12.8. The van der Waals surface area contributed by atoms with Gasteiger partial charge in [-0.25, -0.2) is 0 Å². The van der Waals surface area contributed by atoms with Crippen LogP contribution in [0.4, 0.5) is 0 Å². The first kappa shape index (κ1) is 20.1. The first-order valence-corrected chi connectivity index (χ1v) is 10.1. The van der Waals surface area contributed by atoms with Crippen LogP contribution in [-0.4, -0.2) is 28.8 Å². The molecule has 0 unspecified atom stereocenters. The van der Waals surface area contributed by atoms with Gasteiger partial charge in [0.2, 0.25) is 4.96 Å². The predicted octanol–water partition coefficient (Wildman–Crippen LogP) is 2.32. The molecule has 0 radical (unpaired) electrons. The van der Waals surface area contributed by atoms with Crippen LogP contribution in [0.3, 0.4) is 0 Å². The Labute approximate surface area is 179 Å². The maximum atomic E-state index is 12.8. The summed E-state index contributed by atoms with van der Waals surface area (Å²) in [5.74, 6) is 1.14. The van der Waals surface area contributed by atoms with Crippen LogP contribution >= 0.6 is 22.9 Å². The van der Waals surface area contributed by atoms with E-state index in [1.54, 1.807) is 56.7 Å². The summed E-state index contributed by atoms with van der Waals surface area (Å²) in [7, 11) is 3.10. The highest BCUT2D eigenvalue weighted by atomic mass is 35.5. The third-order valence-electron chi connectivity index (χ3n) is 4.47. The molecule has 30 heavy (non-hydrogen) atoms. The number of thiazole rings is 1. The summed E-state index contributed by atoms with van der Waals surface area (Å²) in [6.45, 7) is 0. The van der Waals surface area contributed by atoms with Crippen LogP contribution in [0.2, 0.25) is 5.02 Å². The minimum atomic E-state index is -0.478. The summed E-state index contributed by atoms with van der Waals surface area (Å²) in [4.78, 5) is 29.5. The van der Waals surface area contributed by atoms with Crippen molar-refractivity contribution in [1.82, 2.24) is 14.6 Å². The van der Waals surface area contributed by atoms with Crippen LogP contribution < -0.4 is 25.1 Å². The number of hydrogen-bond donors (Lipinski definition) is 0. The maximum Gasteiger partial charge on any atom is 0.296 e. The lowest BCUT2D eigenvalue weighted by Crippen LogP contribution is -2.28. The molecule has 9 heteroatoms. The topological polar surface area (TPSA) is 82.8 Å². The van der Waals surface area contributed by atoms with E-state index in [1.807, 2.05) is 6.07 Å². The fourth-order valence-electron chi connectivity index (χ4n) is 2.97. The van der Waals surface area contributed by atoms with Crippen molar-refractivity contribution >= 4 is 34.0 Å². The zero-order valence-corrected chi connectivity index (χ0v) is 17.7. The average Bonchev–Trinajstić information content (AvgIpc) is 3.04. The van der Waals surface area contributed by atoms with Gasteiger partial charge in [-0.2, -0.15) is 14.6 Å². The predicted molar refractivity (Wildman–Crippen MR) is 116 cm³/mol. The summed E-state index contributed by atoms with van der Waals surface area (Å²) in [5.41, 5.74) is 0.820. The summed E-state index contributed by atoms with van der Waals surface area (Å²) in [5, 5.41) is 4.78. The van der Waals surface area contributed by atoms with E-state index in [2.05, 4.69) is 10.1 Å². The first-order chi connectivity index (χ1) is 14.5. The summed E-state index contributed by atoms with van der Waals surface area (Å²) in [6.07, 6.45) is 1.89. The molecule has 0 saturated carbocycles. The van der Waals surface area contributed by atoms with Crippen LogP contribution in [0.15, 0.2) is 52.1 Å². The fourth-order valence-corrected chi connectivity index (χ4v) is 4.07. The monoisotopic (exact) mass is 441 g/mol. The molecule has 2 aromatic heterocycles. The molecular formula is C21H16ClN3O4S. The molecule has 2 aromatic carbocycles. The normalized spacial score (nSPS) is 11.8. The van der Waals surface area contributed by atoms with Crippen molar-refractivity contribution in [3.8, 4) is 11.5 Å². The van der Waals surface area contributed by atoms with Crippen molar-refractivity contribution in [3.63, 3.8) is 0 Å². The highest BCUT2D eigenvalue weighted by Crippen LogP contribution is 2.27. The second kappa shape index (κ2) is 8.25. The average molecular weight is 442 g/mol. The summed E-state index contributed by atoms with van der Waals surface area (Å²) in [6, 6.07) is 12.5. The summed E-state index contributed by atoms with van der Waals surface area (Å²) < 4.78 is 12.1. The van der Waals surface area contributed by atoms with Gasteiger partial charge in [0.1, 0.15) is 5.69 Å². The lowest BCUT2D eigenvalue weighted by atomic mass is 10.1. The zero-order chi connectivity index (χ0) is 21.3. The number of halogens is 1. The molecule has 0 fully saturated rings. The van der Waals surface area contributed by atoms with E-state index in [9.17, 15) is 9.59 Å². The van der Waals surface area contributed by atoms with Crippen molar-refractivity contribution in [2.24, 2.45) is 0 Å². The molecule has 0 aliphatic rings. The molecule has 4 rings (SSSR count). The van der Waals surface area contributed by atoms with Gasteiger partial charge in [-0.15, -0.1) is 0 Å². The van der Waals surface area contributed by atoms with Gasteiger partial charge >= 0.3 is 0 Å². The van der Waals surface area contributed by atoms with Gasteiger partial charge in [-0.05, 0) is 35.4 Å². The molecule has 0 saturated heterocycles. The van der Waals surface area contributed by atoms with Crippen LogP contribution in [0.5, 0.6) is 11.5 Å². The fraction of sp³-hybridized carbons (Fsp3) is 0.143. The number of rotatable bonds is 5. The first-order valence-electron chi connectivity index (χ1n) is 8.90. The third kappa shape index (κ3) is 3.79. The van der Waals surface area contributed by atoms with E-state index in [0.717, 1.165) is 27.0 Å². The SMILES string of the molecule is COc1ccc(C=c2sc3nc(=O)c(Cc4ccccc4Cl)nn3c2=O)cc1OC. The van der Waals surface area contributed by atoms with Crippen molar-refractivity contribution in [2.45, 2.75) is 6.42 Å². The highest BCUT2D eigenvalue weighted by molar-refractivity contribution is 7.15. The van der Waals surface area contributed by atoms with E-state index >= 15 is 0 Å². The van der Waals surface area contributed by atoms with Crippen LogP contribution in [0, 0.1) is 0 Å². The molecule has 0 aliphatic heterocycles. The van der Waals surface area contributed by atoms with E-state index in [4.69, 9.17) is 21.1 Å². The minimum Gasteiger partial charge on any atom is -0.493 e. The highest BCUT2D eigenvalue weighted by Gasteiger charge is 2.13. The van der Waals surface area contributed by atoms with Crippen molar-refractivity contribution in [2.75, 3.05) is 14.2 Å². The third-order valence-corrected chi connectivity index (χ3v) is 5.80. The van der Waals surface area contributed by atoms with Gasteiger partial charge in [0.25, 0.3) is 11.1 Å². The lowest BCUT2D eigenvalue weighted by molar-refractivity contribution is 0.355. The molecule has 0 N–H and O–H groups in total. The van der Waals surface area contributed by atoms with E-state index < -0.39 is 5.56 Å². The number of benzene rings is 2. The van der Waals surface area contributed by atoms with Crippen molar-refractivity contribution in [1.29, 1.82) is 0 Å². The Bertz CT molecular complexity index is 1410. The molecule has 2 heterocycles. The smallest absolute Gasteiger partial charge is 0.296 e. The van der Waals surface area contributed by atoms with Gasteiger partial charge in [0.15, 0.2) is 11.5 Å². The Balaban J connectivity index is 1.80. The lowest BCUT2D eigenvalue weighted by Gasteiger charge is -2.07. The summed E-state index contributed by atoms with van der Waals surface area (Å²) >= 11 is 7.27. The quantitative estimate of drug-likeness (QED) is 0.472. The molecular weight excluding hydrogens is 426 g/mol. The molecule has 7 nitrogen and oxygen atoms in total. The number of nitrogens with zero attached hydrogens (tertiary/aromatic N) is 3. The number of hydrogen-bond acceptors (Lipinski definition) is 7. The Hall–Kier alpha value is -3.23. The molecule has 152 valence electrons. The number of ether oxygens (including phenoxy) is 2. The van der Waals surface area contributed by atoms with Gasteiger partial charge in [-0.1, -0.05) is 47.2 Å². The van der Waals surface area contributed by atoms with Crippen LogP contribution in [-0.2, 0) is 6.42 Å². The molecule has 0 atom stereocenters. The van der Waals surface area contributed by atoms with E-state index in [0.29, 0.717) is 21.1 Å². The molecule has 0 spiro atoms. The van der Waals surface area contributed by atoms with Gasteiger partial charge in [0, 0.05) is 11.4 Å². The van der Waals surface area contributed by atoms with Gasteiger partial charge < -0.3 is 9.47 Å². The van der Waals surface area contributed by atoms with Crippen LogP contribution in [0.1, 0.15) is 16.8 Å². The number of fused-ring (bicyclic) bond motifs is 1. The molecule has 0 amide bonds. The second-order valence-electron chi connectivity index (χ2n) is 6.36. The number of aromatic nitrogens is 3. The van der Waals surface area contributed by atoms with Crippen molar-refractivity contribution < 1.29 is 9.47 Å². The zero-order valence-electron chi connectivity index (χ0n) is 16.1. The largest absolute Gasteiger partial charge is 0.493 e. The second-order valence-corrected chi connectivity index (χ2v) is 7.77. The van der Waals surface area contributed by atoms with Crippen molar-refractivity contribution in [3.05, 3.63) is 89.5 Å². The number of methoxy groups -OCH3 is 2. The molecule has 4 aromatic rings. The van der Waals surface area contributed by atoms with E-state index in [-0.39, 0.29) is 22.6 Å². The van der Waals surface area contributed by atoms with E-state index in [1.165, 1.54) is 0 Å². The Kier molecular flexibility index (Phi) is 5.52. The Morgan fingerprint density at radius 1 is 1.10 bits per heavy atom. The van der Waals surface area contributed by atoms with Gasteiger partial charge in [-0.3, -0.25) is 9.59 Å².